The Bertz CT molecular complexity index is 1070. The number of thiazole rings is 1. The number of benzene rings is 2. The highest BCUT2D eigenvalue weighted by Crippen LogP contribution is 2.33. The molecule has 0 bridgehead atoms. The van der Waals surface area contributed by atoms with E-state index in [1.807, 2.05) is 60.7 Å². The lowest BCUT2D eigenvalue weighted by Gasteiger charge is -2.14. The summed E-state index contributed by atoms with van der Waals surface area (Å²) in [6.45, 7) is 0.871. The molecule has 2 heterocycles. The predicted octanol–water partition coefficient (Wildman–Crippen LogP) is 5.25. The SMILES string of the molecule is CN(Cc1ccco1)C(=O)c1csc(-c2ccccc2OCc2ccccc2)n1. The van der Waals surface area contributed by atoms with Crippen LogP contribution in [0.2, 0.25) is 0 Å². The minimum atomic E-state index is -0.147. The van der Waals surface area contributed by atoms with E-state index in [1.54, 1.807) is 29.7 Å². The van der Waals surface area contributed by atoms with Crippen molar-refractivity contribution in [1.82, 2.24) is 9.88 Å². The summed E-state index contributed by atoms with van der Waals surface area (Å²) in [4.78, 5) is 18.9. The minimum absolute atomic E-state index is 0.147. The maximum Gasteiger partial charge on any atom is 0.273 e. The number of hydrogen-bond acceptors (Lipinski definition) is 5. The highest BCUT2D eigenvalue weighted by atomic mass is 32.1. The fraction of sp³-hybridized carbons (Fsp3) is 0.130. The molecule has 0 aliphatic rings. The first-order chi connectivity index (χ1) is 14.2. The zero-order valence-corrected chi connectivity index (χ0v) is 16.8. The Kier molecular flexibility index (Phi) is 5.72. The van der Waals surface area contributed by atoms with Crippen molar-refractivity contribution in [3.8, 4) is 16.3 Å². The Morgan fingerprint density at radius 3 is 2.66 bits per heavy atom. The third kappa shape index (κ3) is 4.55. The molecule has 1 amide bonds. The van der Waals surface area contributed by atoms with Crippen molar-refractivity contribution >= 4 is 17.2 Å². The van der Waals surface area contributed by atoms with Crippen molar-refractivity contribution in [3.05, 3.63) is 95.4 Å². The summed E-state index contributed by atoms with van der Waals surface area (Å²) in [5.74, 6) is 1.33. The molecule has 0 saturated heterocycles. The average Bonchev–Trinajstić information content (AvgIpc) is 3.45. The normalized spacial score (nSPS) is 10.7. The zero-order valence-electron chi connectivity index (χ0n) is 15.9. The lowest BCUT2D eigenvalue weighted by molar-refractivity contribution is 0.0770. The Hall–Kier alpha value is -3.38. The standard InChI is InChI=1S/C23H20N2O3S/c1-25(14-18-10-7-13-27-18)23(26)20-16-29-22(24-20)19-11-5-6-12-21(19)28-15-17-8-3-2-4-9-17/h2-13,16H,14-15H2,1H3. The van der Waals surface area contributed by atoms with Crippen LogP contribution in [0, 0.1) is 0 Å². The van der Waals surface area contributed by atoms with Crippen LogP contribution in [0.25, 0.3) is 10.6 Å². The minimum Gasteiger partial charge on any atom is -0.488 e. The van der Waals surface area contributed by atoms with Crippen molar-refractivity contribution in [2.24, 2.45) is 0 Å². The molecule has 0 aliphatic carbocycles. The number of aromatic nitrogens is 1. The smallest absolute Gasteiger partial charge is 0.273 e. The molecule has 0 atom stereocenters. The van der Waals surface area contributed by atoms with Gasteiger partial charge in [0.05, 0.1) is 18.4 Å². The largest absolute Gasteiger partial charge is 0.488 e. The molecule has 0 fully saturated rings. The van der Waals surface area contributed by atoms with Crippen LogP contribution < -0.4 is 4.74 Å². The Morgan fingerprint density at radius 1 is 1.07 bits per heavy atom. The van der Waals surface area contributed by atoms with Gasteiger partial charge in [-0.05, 0) is 29.8 Å². The molecule has 0 spiro atoms. The topological polar surface area (TPSA) is 55.6 Å². The van der Waals surface area contributed by atoms with Crippen LogP contribution in [-0.2, 0) is 13.2 Å². The monoisotopic (exact) mass is 404 g/mol. The fourth-order valence-corrected chi connectivity index (χ4v) is 3.73. The molecule has 0 saturated carbocycles. The molecule has 29 heavy (non-hydrogen) atoms. The first-order valence-electron chi connectivity index (χ1n) is 9.20. The number of carbonyl (C=O) groups excluding carboxylic acids is 1. The molecule has 0 radical (unpaired) electrons. The van der Waals surface area contributed by atoms with Crippen molar-refractivity contribution < 1.29 is 13.9 Å². The van der Waals surface area contributed by atoms with Crippen LogP contribution in [-0.4, -0.2) is 22.8 Å². The van der Waals surface area contributed by atoms with Crippen LogP contribution in [0.1, 0.15) is 21.8 Å². The Balaban J connectivity index is 1.49. The second-order valence-corrected chi connectivity index (χ2v) is 7.41. The van der Waals surface area contributed by atoms with E-state index in [1.165, 1.54) is 11.3 Å². The van der Waals surface area contributed by atoms with Crippen LogP contribution in [0.4, 0.5) is 0 Å². The molecule has 2 aromatic heterocycles. The van der Waals surface area contributed by atoms with Gasteiger partial charge in [-0.3, -0.25) is 4.79 Å². The van der Waals surface area contributed by atoms with Gasteiger partial charge in [-0.1, -0.05) is 42.5 Å². The molecule has 0 aliphatic heterocycles. The van der Waals surface area contributed by atoms with Crippen molar-refractivity contribution in [1.29, 1.82) is 0 Å². The van der Waals surface area contributed by atoms with Crippen LogP contribution in [0.5, 0.6) is 5.75 Å². The van der Waals surface area contributed by atoms with Gasteiger partial charge in [-0.15, -0.1) is 11.3 Å². The summed E-state index contributed by atoms with van der Waals surface area (Å²) >= 11 is 1.43. The van der Waals surface area contributed by atoms with Gasteiger partial charge in [0.15, 0.2) is 0 Å². The molecule has 4 rings (SSSR count). The molecule has 0 unspecified atom stereocenters. The van der Waals surface area contributed by atoms with Gasteiger partial charge < -0.3 is 14.1 Å². The van der Waals surface area contributed by atoms with E-state index in [0.717, 1.165) is 27.6 Å². The second-order valence-electron chi connectivity index (χ2n) is 6.55. The van der Waals surface area contributed by atoms with Crippen molar-refractivity contribution in [2.45, 2.75) is 13.2 Å². The number of para-hydroxylation sites is 1. The summed E-state index contributed by atoms with van der Waals surface area (Å²) in [7, 11) is 1.74. The number of carbonyl (C=O) groups is 1. The first-order valence-corrected chi connectivity index (χ1v) is 10.1. The zero-order chi connectivity index (χ0) is 20.1. The first kappa shape index (κ1) is 19.0. The number of nitrogens with zero attached hydrogens (tertiary/aromatic N) is 2. The fourth-order valence-electron chi connectivity index (χ4n) is 2.90. The number of ether oxygens (including phenoxy) is 1. The van der Waals surface area contributed by atoms with Crippen LogP contribution in [0.3, 0.4) is 0 Å². The van der Waals surface area contributed by atoms with E-state index in [2.05, 4.69) is 4.98 Å². The number of amides is 1. The van der Waals surface area contributed by atoms with Gasteiger partial charge >= 0.3 is 0 Å². The summed E-state index contributed by atoms with van der Waals surface area (Å²) in [6.07, 6.45) is 1.60. The quantitative estimate of drug-likeness (QED) is 0.422. The number of furan rings is 1. The molecular formula is C23H20N2O3S. The van der Waals surface area contributed by atoms with Gasteiger partial charge in [0.1, 0.15) is 28.8 Å². The Labute approximate surface area is 173 Å². The highest BCUT2D eigenvalue weighted by Gasteiger charge is 2.18. The van der Waals surface area contributed by atoms with E-state index < -0.39 is 0 Å². The van der Waals surface area contributed by atoms with Gasteiger partial charge in [-0.2, -0.15) is 0 Å². The van der Waals surface area contributed by atoms with Gasteiger partial charge in [0.2, 0.25) is 0 Å². The van der Waals surface area contributed by atoms with Gasteiger partial charge in [0.25, 0.3) is 5.91 Å². The number of hydrogen-bond donors (Lipinski definition) is 0. The summed E-state index contributed by atoms with van der Waals surface area (Å²) in [6, 6.07) is 21.4. The molecular weight excluding hydrogens is 384 g/mol. The van der Waals surface area contributed by atoms with Crippen LogP contribution >= 0.6 is 11.3 Å². The van der Waals surface area contributed by atoms with Crippen LogP contribution in [0.15, 0.2) is 82.8 Å². The van der Waals surface area contributed by atoms with E-state index in [4.69, 9.17) is 9.15 Å². The van der Waals surface area contributed by atoms with Gasteiger partial charge in [-0.25, -0.2) is 4.98 Å². The maximum atomic E-state index is 12.7. The molecule has 6 heteroatoms. The molecule has 5 nitrogen and oxygen atoms in total. The number of rotatable bonds is 7. The van der Waals surface area contributed by atoms with Crippen molar-refractivity contribution in [3.63, 3.8) is 0 Å². The molecule has 146 valence electrons. The summed E-state index contributed by atoms with van der Waals surface area (Å²) < 4.78 is 11.3. The summed E-state index contributed by atoms with van der Waals surface area (Å²) in [5.41, 5.74) is 2.38. The Morgan fingerprint density at radius 2 is 1.86 bits per heavy atom. The van der Waals surface area contributed by atoms with E-state index >= 15 is 0 Å². The highest BCUT2D eigenvalue weighted by molar-refractivity contribution is 7.13. The van der Waals surface area contributed by atoms with E-state index in [-0.39, 0.29) is 5.91 Å². The molecule has 2 aromatic carbocycles. The molecule has 4 aromatic rings. The van der Waals surface area contributed by atoms with E-state index in [9.17, 15) is 4.79 Å². The summed E-state index contributed by atoms with van der Waals surface area (Å²) in [5, 5.41) is 2.54. The lowest BCUT2D eigenvalue weighted by atomic mass is 10.2. The second kappa shape index (κ2) is 8.75. The van der Waals surface area contributed by atoms with Gasteiger partial charge in [0, 0.05) is 12.4 Å². The molecule has 0 N–H and O–H groups in total. The van der Waals surface area contributed by atoms with E-state index in [0.29, 0.717) is 18.8 Å². The average molecular weight is 404 g/mol. The lowest BCUT2D eigenvalue weighted by Crippen LogP contribution is -2.26. The van der Waals surface area contributed by atoms with Crippen molar-refractivity contribution in [2.75, 3.05) is 7.05 Å². The third-order valence-corrected chi connectivity index (χ3v) is 5.27. The third-order valence-electron chi connectivity index (χ3n) is 4.40. The predicted molar refractivity (Wildman–Crippen MR) is 113 cm³/mol. The maximum absolute atomic E-state index is 12.7.